The summed E-state index contributed by atoms with van der Waals surface area (Å²) in [4.78, 5) is 16.1. The molecule has 2 atom stereocenters. The van der Waals surface area contributed by atoms with Crippen LogP contribution in [0.4, 0.5) is 5.82 Å². The summed E-state index contributed by atoms with van der Waals surface area (Å²) in [6, 6.07) is 2.16. The normalized spacial score (nSPS) is 22.6. The van der Waals surface area contributed by atoms with Crippen LogP contribution in [0.2, 0.25) is 0 Å². The highest BCUT2D eigenvalue weighted by Gasteiger charge is 2.26. The lowest BCUT2D eigenvalue weighted by Crippen LogP contribution is -2.37. The second-order valence-electron chi connectivity index (χ2n) is 5.70. The molecule has 1 heterocycles. The molecule has 2 unspecified atom stereocenters. The van der Waals surface area contributed by atoms with Crippen molar-refractivity contribution in [3.8, 4) is 0 Å². The maximum absolute atomic E-state index is 11.7. The summed E-state index contributed by atoms with van der Waals surface area (Å²) < 4.78 is 0. The molecule has 1 aliphatic carbocycles. The second-order valence-corrected chi connectivity index (χ2v) is 5.70. The molecule has 2 rings (SSSR count). The summed E-state index contributed by atoms with van der Waals surface area (Å²) >= 11 is 0. The average molecular weight is 276 g/mol. The standard InChI is InChI=1S/C15H24N4O/c1-9-7-10(2)18-15(13(9)14(17)20)19-12-6-4-3-5-11(12)8-16/h7,11-12H,3-6,8,16H2,1-2H3,(H2,17,20)(H,18,19). The number of nitrogens with zero attached hydrogens (tertiary/aromatic N) is 1. The van der Waals surface area contributed by atoms with Crippen LogP contribution in [0, 0.1) is 19.8 Å². The smallest absolute Gasteiger partial charge is 0.252 e. The van der Waals surface area contributed by atoms with Crippen LogP contribution in [-0.4, -0.2) is 23.5 Å². The van der Waals surface area contributed by atoms with Crippen LogP contribution in [0.3, 0.4) is 0 Å². The maximum Gasteiger partial charge on any atom is 0.252 e. The minimum Gasteiger partial charge on any atom is -0.366 e. The van der Waals surface area contributed by atoms with Gasteiger partial charge in [0.1, 0.15) is 5.82 Å². The number of hydrogen-bond acceptors (Lipinski definition) is 4. The molecule has 0 aliphatic heterocycles. The van der Waals surface area contributed by atoms with Crippen LogP contribution < -0.4 is 16.8 Å². The Morgan fingerprint density at radius 1 is 1.40 bits per heavy atom. The third-order valence-corrected chi connectivity index (χ3v) is 4.13. The van der Waals surface area contributed by atoms with Gasteiger partial charge in [-0.1, -0.05) is 12.8 Å². The third-order valence-electron chi connectivity index (χ3n) is 4.13. The molecule has 5 heteroatoms. The molecule has 0 radical (unpaired) electrons. The molecule has 0 spiro atoms. The van der Waals surface area contributed by atoms with Gasteiger partial charge in [0.25, 0.3) is 5.91 Å². The molecule has 1 aliphatic rings. The number of carbonyl (C=O) groups is 1. The predicted molar refractivity (Wildman–Crippen MR) is 80.7 cm³/mol. The SMILES string of the molecule is Cc1cc(C)c(C(N)=O)c(NC2CCCCC2CN)n1. The van der Waals surface area contributed by atoms with Crippen LogP contribution in [-0.2, 0) is 0 Å². The molecule has 110 valence electrons. The third kappa shape index (κ3) is 3.10. The van der Waals surface area contributed by atoms with Gasteiger partial charge in [-0.25, -0.2) is 4.98 Å². The summed E-state index contributed by atoms with van der Waals surface area (Å²) in [5.74, 6) is 0.616. The highest BCUT2D eigenvalue weighted by Crippen LogP contribution is 2.28. The summed E-state index contributed by atoms with van der Waals surface area (Å²) in [6.45, 7) is 4.47. The quantitative estimate of drug-likeness (QED) is 0.780. The summed E-state index contributed by atoms with van der Waals surface area (Å²) in [5.41, 5.74) is 13.6. The molecule has 0 bridgehead atoms. The van der Waals surface area contributed by atoms with E-state index in [9.17, 15) is 4.79 Å². The molecule has 1 amide bonds. The van der Waals surface area contributed by atoms with Crippen molar-refractivity contribution in [3.63, 3.8) is 0 Å². The zero-order chi connectivity index (χ0) is 14.7. The van der Waals surface area contributed by atoms with Crippen LogP contribution in [0.1, 0.15) is 47.3 Å². The Balaban J connectivity index is 2.30. The van der Waals surface area contributed by atoms with Gasteiger partial charge in [0.05, 0.1) is 5.56 Å². The number of nitrogens with two attached hydrogens (primary N) is 2. The van der Waals surface area contributed by atoms with Gasteiger partial charge >= 0.3 is 0 Å². The van der Waals surface area contributed by atoms with Gasteiger partial charge in [-0.05, 0) is 50.8 Å². The Bertz CT molecular complexity index is 501. The Kier molecular flexibility index (Phi) is 4.60. The van der Waals surface area contributed by atoms with Gasteiger partial charge in [0, 0.05) is 11.7 Å². The number of rotatable bonds is 4. The highest BCUT2D eigenvalue weighted by atomic mass is 16.1. The first-order valence-corrected chi connectivity index (χ1v) is 7.27. The van der Waals surface area contributed by atoms with E-state index in [2.05, 4.69) is 10.3 Å². The van der Waals surface area contributed by atoms with E-state index in [1.165, 1.54) is 12.8 Å². The Morgan fingerprint density at radius 2 is 2.10 bits per heavy atom. The van der Waals surface area contributed by atoms with Gasteiger partial charge in [-0.3, -0.25) is 4.79 Å². The van der Waals surface area contributed by atoms with E-state index in [1.807, 2.05) is 19.9 Å². The number of amides is 1. The first-order valence-electron chi connectivity index (χ1n) is 7.27. The minimum absolute atomic E-state index is 0.278. The summed E-state index contributed by atoms with van der Waals surface area (Å²) in [5, 5.41) is 3.42. The fraction of sp³-hybridized carbons (Fsp3) is 0.600. The van der Waals surface area contributed by atoms with Gasteiger partial charge in [0.2, 0.25) is 0 Å². The number of pyridine rings is 1. The molecule has 5 nitrogen and oxygen atoms in total. The first kappa shape index (κ1) is 14.8. The van der Waals surface area contributed by atoms with Crippen LogP contribution in [0.25, 0.3) is 0 Å². The number of carbonyl (C=O) groups excluding carboxylic acids is 1. The number of aryl methyl sites for hydroxylation is 2. The molecule has 1 aromatic rings. The lowest BCUT2D eigenvalue weighted by molar-refractivity contribution is 0.1000. The van der Waals surface area contributed by atoms with Crippen molar-refractivity contribution >= 4 is 11.7 Å². The van der Waals surface area contributed by atoms with E-state index in [0.717, 1.165) is 24.1 Å². The molecular weight excluding hydrogens is 252 g/mol. The zero-order valence-corrected chi connectivity index (χ0v) is 12.3. The molecule has 20 heavy (non-hydrogen) atoms. The number of aromatic nitrogens is 1. The summed E-state index contributed by atoms with van der Waals surface area (Å²) in [7, 11) is 0. The molecular formula is C15H24N4O. The van der Waals surface area contributed by atoms with Gasteiger partial charge in [-0.2, -0.15) is 0 Å². The average Bonchev–Trinajstić information content (AvgIpc) is 2.38. The minimum atomic E-state index is -0.433. The van der Waals surface area contributed by atoms with E-state index in [0.29, 0.717) is 23.8 Å². The molecule has 0 saturated heterocycles. The van der Waals surface area contributed by atoms with Crippen molar-refractivity contribution in [2.24, 2.45) is 17.4 Å². The van der Waals surface area contributed by atoms with Crippen molar-refractivity contribution < 1.29 is 4.79 Å². The monoisotopic (exact) mass is 276 g/mol. The maximum atomic E-state index is 11.7. The van der Waals surface area contributed by atoms with Crippen LogP contribution >= 0.6 is 0 Å². The fourth-order valence-corrected chi connectivity index (χ4v) is 3.11. The molecule has 0 aromatic carbocycles. The molecule has 5 N–H and O–H groups in total. The highest BCUT2D eigenvalue weighted by molar-refractivity contribution is 5.99. The van der Waals surface area contributed by atoms with E-state index in [4.69, 9.17) is 11.5 Å². The zero-order valence-electron chi connectivity index (χ0n) is 12.3. The van der Waals surface area contributed by atoms with Gasteiger partial charge in [-0.15, -0.1) is 0 Å². The van der Waals surface area contributed by atoms with Gasteiger partial charge in [0.15, 0.2) is 0 Å². The molecule has 1 fully saturated rings. The van der Waals surface area contributed by atoms with Crippen molar-refractivity contribution in [1.82, 2.24) is 4.98 Å². The number of anilines is 1. The number of primary amides is 1. The summed E-state index contributed by atoms with van der Waals surface area (Å²) in [6.07, 6.45) is 4.60. The van der Waals surface area contributed by atoms with E-state index in [-0.39, 0.29) is 6.04 Å². The Hall–Kier alpha value is -1.62. The Morgan fingerprint density at radius 3 is 2.75 bits per heavy atom. The van der Waals surface area contributed by atoms with E-state index in [1.54, 1.807) is 0 Å². The second kappa shape index (κ2) is 6.22. The van der Waals surface area contributed by atoms with Crippen LogP contribution in [0.15, 0.2) is 6.07 Å². The van der Waals surface area contributed by atoms with Crippen molar-refractivity contribution in [2.45, 2.75) is 45.6 Å². The fourth-order valence-electron chi connectivity index (χ4n) is 3.11. The van der Waals surface area contributed by atoms with Crippen molar-refractivity contribution in [3.05, 3.63) is 22.9 Å². The van der Waals surface area contributed by atoms with Crippen molar-refractivity contribution in [1.29, 1.82) is 0 Å². The number of hydrogen-bond donors (Lipinski definition) is 3. The molecule has 1 saturated carbocycles. The number of nitrogens with one attached hydrogen (secondary N) is 1. The van der Waals surface area contributed by atoms with Gasteiger partial charge < -0.3 is 16.8 Å². The molecule has 1 aromatic heterocycles. The predicted octanol–water partition coefficient (Wildman–Crippen LogP) is 1.73. The van der Waals surface area contributed by atoms with E-state index >= 15 is 0 Å². The van der Waals surface area contributed by atoms with E-state index < -0.39 is 5.91 Å². The topological polar surface area (TPSA) is 94.0 Å². The lowest BCUT2D eigenvalue weighted by Gasteiger charge is -2.32. The lowest BCUT2D eigenvalue weighted by atomic mass is 9.84. The largest absolute Gasteiger partial charge is 0.366 e. The first-order chi connectivity index (χ1) is 9.52. The Labute approximate surface area is 120 Å². The van der Waals surface area contributed by atoms with Crippen molar-refractivity contribution in [2.75, 3.05) is 11.9 Å². The van der Waals surface area contributed by atoms with Crippen LogP contribution in [0.5, 0.6) is 0 Å².